The van der Waals surface area contributed by atoms with Crippen molar-refractivity contribution in [1.29, 1.82) is 0 Å². The number of aromatic nitrogens is 2. The number of ether oxygens (including phenoxy) is 1. The van der Waals surface area contributed by atoms with Crippen molar-refractivity contribution in [2.75, 3.05) is 26.1 Å². The molecule has 2 aromatic carbocycles. The highest BCUT2D eigenvalue weighted by atomic mass is 19.1. The molecule has 0 aliphatic carbocycles. The lowest BCUT2D eigenvalue weighted by molar-refractivity contribution is -0.113. The van der Waals surface area contributed by atoms with E-state index in [1.165, 1.54) is 30.3 Å². The number of methoxy groups -OCH3 is 1. The maximum atomic E-state index is 13.5. The van der Waals surface area contributed by atoms with Gasteiger partial charge in [0.25, 0.3) is 5.91 Å². The Labute approximate surface area is 214 Å². The van der Waals surface area contributed by atoms with Crippen LogP contribution in [0.25, 0.3) is 11.3 Å². The normalized spacial score (nSPS) is 16.3. The Kier molecular flexibility index (Phi) is 7.70. The Morgan fingerprint density at radius 1 is 1.22 bits per heavy atom. The van der Waals surface area contributed by atoms with Gasteiger partial charge in [-0.25, -0.2) is 9.18 Å². The first-order valence-corrected chi connectivity index (χ1v) is 11.8. The highest BCUT2D eigenvalue weighted by Gasteiger charge is 2.30. The number of hydrogen-bond acceptors (Lipinski definition) is 5. The lowest BCUT2D eigenvalue weighted by Crippen LogP contribution is -2.44. The zero-order valence-electron chi connectivity index (χ0n) is 21.2. The quantitative estimate of drug-likeness (QED) is 0.432. The molecule has 3 amide bonds. The third-order valence-electron chi connectivity index (χ3n) is 6.20. The molecule has 2 heterocycles. The van der Waals surface area contributed by atoms with E-state index in [1.807, 2.05) is 38.1 Å². The zero-order valence-corrected chi connectivity index (χ0v) is 21.2. The lowest BCUT2D eigenvalue weighted by Gasteiger charge is -2.30. The third-order valence-corrected chi connectivity index (χ3v) is 6.20. The lowest BCUT2D eigenvalue weighted by atomic mass is 9.97. The number of nitrogens with zero attached hydrogens (tertiary/aromatic N) is 3. The van der Waals surface area contributed by atoms with Crippen molar-refractivity contribution >= 4 is 17.6 Å². The fourth-order valence-electron chi connectivity index (χ4n) is 4.14. The van der Waals surface area contributed by atoms with Gasteiger partial charge in [0.15, 0.2) is 0 Å². The Bertz CT molecular complexity index is 1340. The molecule has 1 aliphatic rings. The first-order valence-electron chi connectivity index (χ1n) is 11.8. The van der Waals surface area contributed by atoms with Gasteiger partial charge in [0.2, 0.25) is 0 Å². The number of aliphatic hydroxyl groups excluding tert-OH is 1. The molecule has 194 valence electrons. The summed E-state index contributed by atoms with van der Waals surface area (Å²) < 4.78 is 20.2. The van der Waals surface area contributed by atoms with E-state index >= 15 is 0 Å². The molecule has 9 nitrogen and oxygen atoms in total. The molecule has 0 bridgehead atoms. The minimum atomic E-state index is -0.732. The summed E-state index contributed by atoms with van der Waals surface area (Å²) in [5.74, 6) is -0.804. The second-order valence-electron chi connectivity index (χ2n) is 9.08. The van der Waals surface area contributed by atoms with Gasteiger partial charge in [-0.1, -0.05) is 24.3 Å². The Morgan fingerprint density at radius 3 is 2.65 bits per heavy atom. The fourth-order valence-corrected chi connectivity index (χ4v) is 4.14. The van der Waals surface area contributed by atoms with E-state index in [4.69, 9.17) is 4.74 Å². The molecule has 10 heteroatoms. The minimum Gasteiger partial charge on any atom is -0.389 e. The van der Waals surface area contributed by atoms with Crippen LogP contribution in [0.5, 0.6) is 0 Å². The average Bonchev–Trinajstić information content (AvgIpc) is 3.22. The van der Waals surface area contributed by atoms with Crippen LogP contribution in [0.15, 0.2) is 60.3 Å². The monoisotopic (exact) mass is 507 g/mol. The summed E-state index contributed by atoms with van der Waals surface area (Å²) in [7, 11) is 3.08. The molecule has 1 aliphatic heterocycles. The SMILES string of the molecule is COC[C@@H](O)Cn1nc(-c2ccc(C)c(NC(=O)C3=CN(C)C(=O)N[C@H]3c3ccc(F)cc3)c2)cc1C. The molecule has 2 atom stereocenters. The van der Waals surface area contributed by atoms with Gasteiger partial charge in [0.1, 0.15) is 5.82 Å². The molecule has 0 saturated carbocycles. The number of anilines is 1. The predicted molar refractivity (Wildman–Crippen MR) is 137 cm³/mol. The van der Waals surface area contributed by atoms with Crippen LogP contribution in [-0.4, -0.2) is 58.6 Å². The zero-order chi connectivity index (χ0) is 26.7. The van der Waals surface area contributed by atoms with E-state index in [2.05, 4.69) is 15.7 Å². The number of carbonyl (C=O) groups is 2. The smallest absolute Gasteiger partial charge is 0.321 e. The molecular formula is C27H30FN5O4. The Balaban J connectivity index is 1.59. The summed E-state index contributed by atoms with van der Waals surface area (Å²) >= 11 is 0. The standard InChI is InChI=1S/C27H30FN5O4/c1-16-5-6-19(24-11-17(2)33(31-24)13-21(34)15-37-4)12-23(16)29-26(35)22-14-32(3)27(36)30-25(22)18-7-9-20(28)10-8-18/h5-12,14,21,25,34H,13,15H2,1-4H3,(H,29,35)(H,30,36)/t21-,25-/m0/s1. The predicted octanol–water partition coefficient (Wildman–Crippen LogP) is 3.53. The van der Waals surface area contributed by atoms with Crippen LogP contribution in [0.3, 0.4) is 0 Å². The summed E-state index contributed by atoms with van der Waals surface area (Å²) in [6.45, 7) is 4.29. The van der Waals surface area contributed by atoms with E-state index in [0.29, 0.717) is 29.1 Å². The van der Waals surface area contributed by atoms with Gasteiger partial charge in [-0.2, -0.15) is 5.10 Å². The molecule has 3 aromatic rings. The number of halogens is 1. The van der Waals surface area contributed by atoms with E-state index in [0.717, 1.165) is 16.8 Å². The van der Waals surface area contributed by atoms with Crippen molar-refractivity contribution in [1.82, 2.24) is 20.0 Å². The first kappa shape index (κ1) is 26.1. The number of urea groups is 1. The summed E-state index contributed by atoms with van der Waals surface area (Å²) in [5.41, 5.74) is 4.71. The van der Waals surface area contributed by atoms with E-state index in [-0.39, 0.29) is 12.6 Å². The molecule has 37 heavy (non-hydrogen) atoms. The topological polar surface area (TPSA) is 109 Å². The second-order valence-corrected chi connectivity index (χ2v) is 9.08. The van der Waals surface area contributed by atoms with Crippen molar-refractivity contribution < 1.29 is 23.8 Å². The number of aliphatic hydroxyl groups is 1. The van der Waals surface area contributed by atoms with Crippen molar-refractivity contribution in [3.05, 3.63) is 82.9 Å². The van der Waals surface area contributed by atoms with Crippen LogP contribution in [0.4, 0.5) is 14.9 Å². The van der Waals surface area contributed by atoms with Crippen molar-refractivity contribution in [2.45, 2.75) is 32.5 Å². The van der Waals surface area contributed by atoms with Crippen LogP contribution < -0.4 is 10.6 Å². The summed E-state index contributed by atoms with van der Waals surface area (Å²) in [6, 6.07) is 12.1. The molecule has 3 N–H and O–H groups in total. The van der Waals surface area contributed by atoms with Gasteiger partial charge in [0, 0.05) is 37.3 Å². The molecule has 0 saturated heterocycles. The number of hydrogen-bond donors (Lipinski definition) is 3. The maximum absolute atomic E-state index is 13.5. The van der Waals surface area contributed by atoms with E-state index in [9.17, 15) is 19.1 Å². The van der Waals surface area contributed by atoms with E-state index in [1.54, 1.807) is 23.9 Å². The van der Waals surface area contributed by atoms with Gasteiger partial charge in [-0.05, 0) is 49.2 Å². The molecular weight excluding hydrogens is 477 g/mol. The first-order chi connectivity index (χ1) is 17.7. The molecule has 4 rings (SSSR count). The minimum absolute atomic E-state index is 0.208. The number of amides is 3. The van der Waals surface area contributed by atoms with Crippen molar-refractivity contribution in [3.63, 3.8) is 0 Å². The molecule has 0 fully saturated rings. The van der Waals surface area contributed by atoms with Gasteiger partial charge in [-0.3, -0.25) is 9.48 Å². The summed E-state index contributed by atoms with van der Waals surface area (Å²) in [4.78, 5) is 27.0. The fraction of sp³-hybridized carbons (Fsp3) is 0.296. The van der Waals surface area contributed by atoms with Crippen LogP contribution in [0.1, 0.15) is 22.9 Å². The largest absolute Gasteiger partial charge is 0.389 e. The number of benzene rings is 2. The number of carbonyl (C=O) groups excluding carboxylic acids is 2. The van der Waals surface area contributed by atoms with Crippen LogP contribution in [0, 0.1) is 19.7 Å². The highest BCUT2D eigenvalue weighted by molar-refractivity contribution is 6.06. The molecule has 0 spiro atoms. The van der Waals surface area contributed by atoms with Crippen LogP contribution in [0.2, 0.25) is 0 Å². The van der Waals surface area contributed by atoms with Crippen LogP contribution in [-0.2, 0) is 16.1 Å². The van der Waals surface area contributed by atoms with Gasteiger partial charge in [-0.15, -0.1) is 0 Å². The number of rotatable bonds is 8. The summed E-state index contributed by atoms with van der Waals surface area (Å²) in [5, 5.41) is 20.4. The highest BCUT2D eigenvalue weighted by Crippen LogP contribution is 2.29. The Morgan fingerprint density at radius 2 is 1.95 bits per heavy atom. The summed E-state index contributed by atoms with van der Waals surface area (Å²) in [6.07, 6.45) is 0.804. The maximum Gasteiger partial charge on any atom is 0.321 e. The van der Waals surface area contributed by atoms with Gasteiger partial charge in [0.05, 0.1) is 36.6 Å². The third kappa shape index (κ3) is 5.87. The van der Waals surface area contributed by atoms with Crippen molar-refractivity contribution in [2.24, 2.45) is 0 Å². The second kappa shape index (κ2) is 10.9. The molecule has 1 aromatic heterocycles. The Hall–Kier alpha value is -4.02. The average molecular weight is 508 g/mol. The van der Waals surface area contributed by atoms with Crippen molar-refractivity contribution in [3.8, 4) is 11.3 Å². The molecule has 0 radical (unpaired) electrons. The molecule has 0 unspecified atom stereocenters. The van der Waals surface area contributed by atoms with Crippen LogP contribution >= 0.6 is 0 Å². The van der Waals surface area contributed by atoms with E-state index < -0.39 is 23.9 Å². The van der Waals surface area contributed by atoms with Gasteiger partial charge >= 0.3 is 6.03 Å². The van der Waals surface area contributed by atoms with Gasteiger partial charge < -0.3 is 25.4 Å². The number of aryl methyl sites for hydroxylation is 2. The number of nitrogens with one attached hydrogen (secondary N) is 2.